The number of rotatable bonds is 6. The Kier molecular flexibility index (Phi) is 5.61. The average Bonchev–Trinajstić information content (AvgIpc) is 2.27. The monoisotopic (exact) mass is 238 g/mol. The predicted molar refractivity (Wildman–Crippen MR) is 66.4 cm³/mol. The summed E-state index contributed by atoms with van der Waals surface area (Å²) in [7, 11) is 0. The van der Waals surface area contributed by atoms with Gasteiger partial charge in [-0.3, -0.25) is 4.79 Å². The fourth-order valence-electron chi connectivity index (χ4n) is 1.20. The zero-order valence-electron chi connectivity index (χ0n) is 9.00. The van der Waals surface area contributed by atoms with Gasteiger partial charge in [0.25, 0.3) is 0 Å². The van der Waals surface area contributed by atoms with Crippen LogP contribution in [0, 0.1) is 0 Å². The van der Waals surface area contributed by atoms with E-state index in [1.54, 1.807) is 12.1 Å². The van der Waals surface area contributed by atoms with Gasteiger partial charge in [0.1, 0.15) is 0 Å². The molecule has 1 rings (SSSR count). The van der Waals surface area contributed by atoms with Gasteiger partial charge in [0.2, 0.25) is 5.91 Å². The number of carbonyl (C=O) groups excluding carboxylic acids is 1. The molecular weight excluding hydrogens is 224 g/mol. The molecule has 0 heterocycles. The van der Waals surface area contributed by atoms with Crippen LogP contribution < -0.4 is 10.6 Å². The first kappa shape index (κ1) is 12.7. The van der Waals surface area contributed by atoms with Crippen LogP contribution in [0.4, 0.5) is 0 Å². The third-order valence-corrected chi connectivity index (χ3v) is 2.19. The van der Waals surface area contributed by atoms with Gasteiger partial charge < -0.3 is 10.6 Å². The highest BCUT2D eigenvalue weighted by atomic mass is 35.5. The van der Waals surface area contributed by atoms with Crippen LogP contribution in [0.3, 0.4) is 0 Å². The number of halogens is 1. The Morgan fingerprint density at radius 1 is 1.50 bits per heavy atom. The topological polar surface area (TPSA) is 41.1 Å². The number of benzene rings is 1. The minimum absolute atomic E-state index is 0.0400. The van der Waals surface area contributed by atoms with Crippen molar-refractivity contribution in [1.82, 2.24) is 10.6 Å². The standard InChI is InChI=1S/C12H15ClN2O/c1-2-6-14-9-12(16)15-8-10-4-3-5-11(13)7-10/h2-5,7,14H,1,6,8-9H2,(H,15,16). The number of hydrogen-bond donors (Lipinski definition) is 2. The summed E-state index contributed by atoms with van der Waals surface area (Å²) < 4.78 is 0. The van der Waals surface area contributed by atoms with Crippen LogP contribution >= 0.6 is 11.6 Å². The number of carbonyl (C=O) groups is 1. The highest BCUT2D eigenvalue weighted by molar-refractivity contribution is 6.30. The minimum atomic E-state index is -0.0400. The molecule has 2 N–H and O–H groups in total. The van der Waals surface area contributed by atoms with Gasteiger partial charge in [-0.1, -0.05) is 29.8 Å². The van der Waals surface area contributed by atoms with Gasteiger partial charge in [0, 0.05) is 18.1 Å². The van der Waals surface area contributed by atoms with Crippen LogP contribution in [0.5, 0.6) is 0 Å². The van der Waals surface area contributed by atoms with E-state index in [2.05, 4.69) is 17.2 Å². The Bertz CT molecular complexity index is 366. The minimum Gasteiger partial charge on any atom is -0.351 e. The Hall–Kier alpha value is -1.32. The maximum Gasteiger partial charge on any atom is 0.234 e. The largest absolute Gasteiger partial charge is 0.351 e. The van der Waals surface area contributed by atoms with E-state index < -0.39 is 0 Å². The Morgan fingerprint density at radius 2 is 2.31 bits per heavy atom. The molecule has 0 aliphatic rings. The van der Waals surface area contributed by atoms with Crippen molar-refractivity contribution >= 4 is 17.5 Å². The van der Waals surface area contributed by atoms with E-state index in [9.17, 15) is 4.79 Å². The van der Waals surface area contributed by atoms with Crippen molar-refractivity contribution in [2.24, 2.45) is 0 Å². The Morgan fingerprint density at radius 3 is 3.00 bits per heavy atom. The smallest absolute Gasteiger partial charge is 0.234 e. The predicted octanol–water partition coefficient (Wildman–Crippen LogP) is 1.73. The molecule has 1 aromatic carbocycles. The first-order valence-corrected chi connectivity index (χ1v) is 5.43. The lowest BCUT2D eigenvalue weighted by Crippen LogP contribution is -2.33. The third-order valence-electron chi connectivity index (χ3n) is 1.95. The van der Waals surface area contributed by atoms with E-state index in [0.29, 0.717) is 24.7 Å². The molecule has 3 nitrogen and oxygen atoms in total. The molecule has 0 aliphatic carbocycles. The third kappa shape index (κ3) is 4.96. The van der Waals surface area contributed by atoms with E-state index in [4.69, 9.17) is 11.6 Å². The molecule has 4 heteroatoms. The zero-order chi connectivity index (χ0) is 11.8. The van der Waals surface area contributed by atoms with Gasteiger partial charge in [0.15, 0.2) is 0 Å². The van der Waals surface area contributed by atoms with Crippen LogP contribution in [0.25, 0.3) is 0 Å². The molecule has 0 aromatic heterocycles. The second-order valence-corrected chi connectivity index (χ2v) is 3.76. The van der Waals surface area contributed by atoms with Crippen LogP contribution in [-0.4, -0.2) is 19.0 Å². The molecule has 86 valence electrons. The molecule has 0 atom stereocenters. The Labute approximate surface area is 100 Å². The van der Waals surface area contributed by atoms with Crippen molar-refractivity contribution in [1.29, 1.82) is 0 Å². The summed E-state index contributed by atoms with van der Waals surface area (Å²) in [4.78, 5) is 11.3. The molecule has 1 amide bonds. The van der Waals surface area contributed by atoms with E-state index in [1.165, 1.54) is 0 Å². The van der Waals surface area contributed by atoms with Crippen LogP contribution in [0.1, 0.15) is 5.56 Å². The first-order chi connectivity index (χ1) is 7.72. The van der Waals surface area contributed by atoms with E-state index in [1.807, 2.05) is 18.2 Å². The first-order valence-electron chi connectivity index (χ1n) is 5.05. The molecule has 0 saturated carbocycles. The van der Waals surface area contributed by atoms with Crippen molar-refractivity contribution in [2.75, 3.05) is 13.1 Å². The highest BCUT2D eigenvalue weighted by Gasteiger charge is 2.00. The lowest BCUT2D eigenvalue weighted by molar-refractivity contribution is -0.120. The zero-order valence-corrected chi connectivity index (χ0v) is 9.76. The molecule has 0 radical (unpaired) electrons. The summed E-state index contributed by atoms with van der Waals surface area (Å²) >= 11 is 5.83. The molecule has 0 spiro atoms. The second kappa shape index (κ2) is 7.04. The summed E-state index contributed by atoms with van der Waals surface area (Å²) in [6, 6.07) is 7.42. The van der Waals surface area contributed by atoms with Gasteiger partial charge in [0.05, 0.1) is 6.54 Å². The molecule has 1 aromatic rings. The van der Waals surface area contributed by atoms with Crippen molar-refractivity contribution in [3.8, 4) is 0 Å². The maximum absolute atomic E-state index is 11.3. The van der Waals surface area contributed by atoms with Gasteiger partial charge in [-0.2, -0.15) is 0 Å². The molecule has 0 saturated heterocycles. The van der Waals surface area contributed by atoms with E-state index in [-0.39, 0.29) is 5.91 Å². The maximum atomic E-state index is 11.3. The summed E-state index contributed by atoms with van der Waals surface area (Å²) in [5, 5.41) is 6.39. The van der Waals surface area contributed by atoms with Crippen LogP contribution in [-0.2, 0) is 11.3 Å². The highest BCUT2D eigenvalue weighted by Crippen LogP contribution is 2.09. The summed E-state index contributed by atoms with van der Waals surface area (Å²) in [6.45, 7) is 4.97. The molecule has 0 fully saturated rings. The van der Waals surface area contributed by atoms with Gasteiger partial charge >= 0.3 is 0 Å². The number of amides is 1. The van der Waals surface area contributed by atoms with Gasteiger partial charge in [-0.15, -0.1) is 6.58 Å². The van der Waals surface area contributed by atoms with Gasteiger partial charge in [-0.25, -0.2) is 0 Å². The fraction of sp³-hybridized carbons (Fsp3) is 0.250. The molecule has 0 unspecified atom stereocenters. The summed E-state index contributed by atoms with van der Waals surface area (Å²) in [6.07, 6.45) is 1.71. The second-order valence-electron chi connectivity index (χ2n) is 3.33. The normalized spacial score (nSPS) is 9.81. The quantitative estimate of drug-likeness (QED) is 0.586. The fourth-order valence-corrected chi connectivity index (χ4v) is 1.41. The lowest BCUT2D eigenvalue weighted by Gasteiger charge is -2.05. The summed E-state index contributed by atoms with van der Waals surface area (Å²) in [5.41, 5.74) is 0.990. The van der Waals surface area contributed by atoms with Crippen molar-refractivity contribution in [3.63, 3.8) is 0 Å². The van der Waals surface area contributed by atoms with Crippen LogP contribution in [0.2, 0.25) is 5.02 Å². The number of hydrogen-bond acceptors (Lipinski definition) is 2. The molecule has 16 heavy (non-hydrogen) atoms. The van der Waals surface area contributed by atoms with E-state index >= 15 is 0 Å². The number of nitrogens with one attached hydrogen (secondary N) is 2. The summed E-state index contributed by atoms with van der Waals surface area (Å²) in [5.74, 6) is -0.0400. The molecule has 0 bridgehead atoms. The van der Waals surface area contributed by atoms with E-state index in [0.717, 1.165) is 5.56 Å². The SMILES string of the molecule is C=CCNCC(=O)NCc1cccc(Cl)c1. The van der Waals surface area contributed by atoms with Crippen LogP contribution in [0.15, 0.2) is 36.9 Å². The molecular formula is C12H15ClN2O. The van der Waals surface area contributed by atoms with Gasteiger partial charge in [-0.05, 0) is 17.7 Å². The van der Waals surface area contributed by atoms with Crippen molar-refractivity contribution in [3.05, 3.63) is 47.5 Å². The lowest BCUT2D eigenvalue weighted by atomic mass is 10.2. The Balaban J connectivity index is 2.28. The molecule has 0 aliphatic heterocycles. The van der Waals surface area contributed by atoms with Crippen molar-refractivity contribution in [2.45, 2.75) is 6.54 Å². The van der Waals surface area contributed by atoms with Crippen molar-refractivity contribution < 1.29 is 4.79 Å². The average molecular weight is 239 g/mol.